The van der Waals surface area contributed by atoms with Crippen LogP contribution in [0.5, 0.6) is 0 Å². The molecule has 110 valence electrons. The van der Waals surface area contributed by atoms with E-state index in [2.05, 4.69) is 9.71 Å². The molecule has 0 unspecified atom stereocenters. The zero-order valence-corrected chi connectivity index (χ0v) is 11.8. The number of nitrogens with one attached hydrogen (secondary N) is 1. The summed E-state index contributed by atoms with van der Waals surface area (Å²) >= 11 is 5.53. The second-order valence-electron chi connectivity index (χ2n) is 3.89. The first kappa shape index (κ1) is 15.2. The maximum atomic E-state index is 13.7. The van der Waals surface area contributed by atoms with Gasteiger partial charge >= 0.3 is 5.97 Å². The number of carbonyl (C=O) groups is 1. The van der Waals surface area contributed by atoms with Crippen LogP contribution in [0.1, 0.15) is 10.5 Å². The number of pyridine rings is 1. The molecular weight excluding hydrogens is 323 g/mol. The Hall–Kier alpha value is -2.19. The van der Waals surface area contributed by atoms with E-state index in [9.17, 15) is 17.6 Å². The highest BCUT2D eigenvalue weighted by molar-refractivity contribution is 7.92. The summed E-state index contributed by atoms with van der Waals surface area (Å²) in [4.78, 5) is 13.7. The lowest BCUT2D eigenvalue weighted by atomic mass is 10.3. The maximum absolute atomic E-state index is 13.7. The Balaban J connectivity index is 2.40. The van der Waals surface area contributed by atoms with Gasteiger partial charge in [0.1, 0.15) is 10.6 Å². The molecule has 2 rings (SSSR count). The van der Waals surface area contributed by atoms with Crippen LogP contribution in [0.2, 0.25) is 5.02 Å². The topological polar surface area (TPSA) is 96.4 Å². The SMILES string of the molecule is O=C(O)c1cc(NS(=O)(=O)c2cccc(Cl)c2F)ccn1. The summed E-state index contributed by atoms with van der Waals surface area (Å²) < 4.78 is 40.0. The molecule has 0 amide bonds. The van der Waals surface area contributed by atoms with Crippen LogP contribution in [0.3, 0.4) is 0 Å². The van der Waals surface area contributed by atoms with Crippen molar-refractivity contribution in [1.82, 2.24) is 4.98 Å². The number of halogens is 2. The lowest BCUT2D eigenvalue weighted by Crippen LogP contribution is -2.15. The highest BCUT2D eigenvalue weighted by Gasteiger charge is 2.21. The number of carboxylic acid groups (broad SMARTS) is 1. The number of hydrogen-bond donors (Lipinski definition) is 2. The number of rotatable bonds is 4. The Morgan fingerprint density at radius 1 is 1.33 bits per heavy atom. The molecule has 1 heterocycles. The van der Waals surface area contributed by atoms with Crippen LogP contribution in [0.15, 0.2) is 41.4 Å². The highest BCUT2D eigenvalue weighted by atomic mass is 35.5. The number of anilines is 1. The largest absolute Gasteiger partial charge is 0.477 e. The third-order valence-corrected chi connectivity index (χ3v) is 4.13. The number of sulfonamides is 1. The van der Waals surface area contributed by atoms with Crippen molar-refractivity contribution in [2.45, 2.75) is 4.90 Å². The average Bonchev–Trinajstić information content (AvgIpc) is 2.41. The number of benzene rings is 1. The highest BCUT2D eigenvalue weighted by Crippen LogP contribution is 2.24. The Labute approximate surface area is 124 Å². The minimum Gasteiger partial charge on any atom is -0.477 e. The average molecular weight is 331 g/mol. The first-order valence-electron chi connectivity index (χ1n) is 5.47. The summed E-state index contributed by atoms with van der Waals surface area (Å²) in [6.45, 7) is 0. The number of aromatic nitrogens is 1. The van der Waals surface area contributed by atoms with Crippen LogP contribution in [-0.4, -0.2) is 24.5 Å². The molecule has 21 heavy (non-hydrogen) atoms. The zero-order chi connectivity index (χ0) is 15.6. The van der Waals surface area contributed by atoms with Crippen molar-refractivity contribution in [3.05, 3.63) is 53.1 Å². The molecule has 0 aliphatic heterocycles. The van der Waals surface area contributed by atoms with Gasteiger partial charge in [0.25, 0.3) is 10.0 Å². The van der Waals surface area contributed by atoms with Crippen molar-refractivity contribution < 1.29 is 22.7 Å². The van der Waals surface area contributed by atoms with Gasteiger partial charge in [0.2, 0.25) is 0 Å². The zero-order valence-electron chi connectivity index (χ0n) is 10.2. The van der Waals surface area contributed by atoms with Gasteiger partial charge in [-0.05, 0) is 24.3 Å². The molecule has 0 aliphatic rings. The van der Waals surface area contributed by atoms with E-state index in [4.69, 9.17) is 16.7 Å². The van der Waals surface area contributed by atoms with Gasteiger partial charge in [0.05, 0.1) is 10.7 Å². The molecule has 9 heteroatoms. The third kappa shape index (κ3) is 3.29. The molecule has 1 aromatic heterocycles. The van der Waals surface area contributed by atoms with Gasteiger partial charge in [0.15, 0.2) is 5.82 Å². The summed E-state index contributed by atoms with van der Waals surface area (Å²) in [5, 5.41) is 8.45. The van der Waals surface area contributed by atoms with Crippen molar-refractivity contribution in [2.24, 2.45) is 0 Å². The van der Waals surface area contributed by atoms with Gasteiger partial charge < -0.3 is 5.11 Å². The maximum Gasteiger partial charge on any atom is 0.354 e. The smallest absolute Gasteiger partial charge is 0.354 e. The van der Waals surface area contributed by atoms with Gasteiger partial charge in [-0.25, -0.2) is 22.6 Å². The van der Waals surface area contributed by atoms with Crippen molar-refractivity contribution in [3.63, 3.8) is 0 Å². The molecule has 0 saturated heterocycles. The molecule has 1 aromatic carbocycles. The fraction of sp³-hybridized carbons (Fsp3) is 0. The third-order valence-electron chi connectivity index (χ3n) is 2.44. The first-order chi connectivity index (χ1) is 9.81. The van der Waals surface area contributed by atoms with Gasteiger partial charge in [-0.15, -0.1) is 0 Å². The number of aromatic carboxylic acids is 1. The quantitative estimate of drug-likeness (QED) is 0.897. The summed E-state index contributed by atoms with van der Waals surface area (Å²) in [6, 6.07) is 5.80. The number of carboxylic acids is 1. The van der Waals surface area contributed by atoms with Crippen LogP contribution in [0.4, 0.5) is 10.1 Å². The van der Waals surface area contributed by atoms with E-state index < -0.39 is 26.7 Å². The molecule has 0 atom stereocenters. The second-order valence-corrected chi connectivity index (χ2v) is 5.95. The van der Waals surface area contributed by atoms with Crippen molar-refractivity contribution in [2.75, 3.05) is 4.72 Å². The molecule has 2 aromatic rings. The van der Waals surface area contributed by atoms with Gasteiger partial charge in [-0.3, -0.25) is 4.72 Å². The number of nitrogens with zero attached hydrogens (tertiary/aromatic N) is 1. The lowest BCUT2D eigenvalue weighted by molar-refractivity contribution is 0.0690. The Kier molecular flexibility index (Phi) is 4.10. The predicted molar refractivity (Wildman–Crippen MR) is 73.4 cm³/mol. The molecule has 0 fully saturated rings. The van der Waals surface area contributed by atoms with E-state index in [0.29, 0.717) is 0 Å². The van der Waals surface area contributed by atoms with Gasteiger partial charge in [0, 0.05) is 6.20 Å². The molecule has 6 nitrogen and oxygen atoms in total. The van der Waals surface area contributed by atoms with E-state index in [-0.39, 0.29) is 16.4 Å². The van der Waals surface area contributed by atoms with E-state index in [1.165, 1.54) is 18.2 Å². The van der Waals surface area contributed by atoms with E-state index in [1.54, 1.807) is 0 Å². The molecule has 0 bridgehead atoms. The fourth-order valence-electron chi connectivity index (χ4n) is 1.51. The first-order valence-corrected chi connectivity index (χ1v) is 7.33. The summed E-state index contributed by atoms with van der Waals surface area (Å²) in [5.41, 5.74) is -0.399. The molecule has 2 N–H and O–H groups in total. The van der Waals surface area contributed by atoms with Crippen LogP contribution < -0.4 is 4.72 Å². The second kappa shape index (κ2) is 5.66. The van der Waals surface area contributed by atoms with E-state index >= 15 is 0 Å². The Bertz CT molecular complexity index is 811. The number of hydrogen-bond acceptors (Lipinski definition) is 4. The predicted octanol–water partition coefficient (Wildman–Crippen LogP) is 2.37. The molecule has 0 radical (unpaired) electrons. The molecule has 0 saturated carbocycles. The Morgan fingerprint density at radius 2 is 2.05 bits per heavy atom. The standard InChI is InChI=1S/C12H8ClFN2O4S/c13-8-2-1-3-10(11(8)14)21(19,20)16-7-4-5-15-9(6-7)12(17)18/h1-6H,(H,15,16)(H,17,18). The summed E-state index contributed by atoms with van der Waals surface area (Å²) in [7, 11) is -4.24. The van der Waals surface area contributed by atoms with Crippen molar-refractivity contribution in [3.8, 4) is 0 Å². The van der Waals surface area contributed by atoms with Crippen LogP contribution in [0.25, 0.3) is 0 Å². The fourth-order valence-corrected chi connectivity index (χ4v) is 2.89. The van der Waals surface area contributed by atoms with E-state index in [1.807, 2.05) is 0 Å². The minimum absolute atomic E-state index is 0.0539. The molecule has 0 aliphatic carbocycles. The van der Waals surface area contributed by atoms with Gasteiger partial charge in [-0.2, -0.15) is 0 Å². The van der Waals surface area contributed by atoms with Crippen LogP contribution >= 0.6 is 11.6 Å². The summed E-state index contributed by atoms with van der Waals surface area (Å²) in [5.74, 6) is -2.40. The summed E-state index contributed by atoms with van der Waals surface area (Å²) in [6.07, 6.45) is 1.12. The van der Waals surface area contributed by atoms with Gasteiger partial charge in [-0.1, -0.05) is 17.7 Å². The Morgan fingerprint density at radius 3 is 2.71 bits per heavy atom. The van der Waals surface area contributed by atoms with Crippen molar-refractivity contribution in [1.29, 1.82) is 0 Å². The normalized spacial score (nSPS) is 11.1. The minimum atomic E-state index is -4.24. The monoisotopic (exact) mass is 330 g/mol. The van der Waals surface area contributed by atoms with Crippen LogP contribution in [0, 0.1) is 5.82 Å². The molecular formula is C12H8ClFN2O4S. The molecule has 0 spiro atoms. The lowest BCUT2D eigenvalue weighted by Gasteiger charge is -2.09. The van der Waals surface area contributed by atoms with Crippen LogP contribution in [-0.2, 0) is 10.0 Å². The van der Waals surface area contributed by atoms with E-state index in [0.717, 1.165) is 18.3 Å². The van der Waals surface area contributed by atoms with Crippen molar-refractivity contribution >= 4 is 33.3 Å².